The lowest BCUT2D eigenvalue weighted by molar-refractivity contribution is -0.132. The standard InChI is InChI=1S/C24H18ClNO4/c1-30-19-10-6-5-9-18(19)26-21(15-11-13-17(25)14-12-15)20(23(28)24(26)29)22(27)16-7-3-2-4-8-16/h2-14,21,27H,1H3. The molecule has 4 rings (SSSR count). The summed E-state index contributed by atoms with van der Waals surface area (Å²) in [5.74, 6) is -1.29. The molecule has 0 spiro atoms. The number of carbonyl (C=O) groups is 2. The number of aliphatic hydroxyl groups excluding tert-OH is 1. The van der Waals surface area contributed by atoms with E-state index in [1.807, 2.05) is 0 Å². The van der Waals surface area contributed by atoms with Gasteiger partial charge in [0.1, 0.15) is 11.5 Å². The average molecular weight is 420 g/mol. The van der Waals surface area contributed by atoms with Crippen molar-refractivity contribution in [3.05, 3.63) is 101 Å². The number of ketones is 1. The van der Waals surface area contributed by atoms with Crippen LogP contribution in [0.25, 0.3) is 5.76 Å². The quantitative estimate of drug-likeness (QED) is 0.368. The van der Waals surface area contributed by atoms with Crippen LogP contribution in [0, 0.1) is 0 Å². The van der Waals surface area contributed by atoms with Gasteiger partial charge in [-0.25, -0.2) is 0 Å². The van der Waals surface area contributed by atoms with Crippen molar-refractivity contribution in [1.29, 1.82) is 0 Å². The normalized spacial score (nSPS) is 17.9. The summed E-state index contributed by atoms with van der Waals surface area (Å²) in [6, 6.07) is 21.6. The van der Waals surface area contributed by atoms with E-state index in [1.54, 1.807) is 78.9 Å². The van der Waals surface area contributed by atoms with Gasteiger partial charge in [0.15, 0.2) is 0 Å². The zero-order valence-electron chi connectivity index (χ0n) is 16.1. The van der Waals surface area contributed by atoms with Crippen LogP contribution in [-0.2, 0) is 9.59 Å². The molecular weight excluding hydrogens is 402 g/mol. The van der Waals surface area contributed by atoms with Gasteiger partial charge in [-0.15, -0.1) is 0 Å². The van der Waals surface area contributed by atoms with Crippen molar-refractivity contribution in [3.8, 4) is 5.75 Å². The van der Waals surface area contributed by atoms with Crippen LogP contribution in [0.1, 0.15) is 17.2 Å². The fourth-order valence-electron chi connectivity index (χ4n) is 3.62. The van der Waals surface area contributed by atoms with E-state index >= 15 is 0 Å². The van der Waals surface area contributed by atoms with Gasteiger partial charge in [0, 0.05) is 10.6 Å². The molecule has 1 N–H and O–H groups in total. The fraction of sp³-hybridized carbons (Fsp3) is 0.0833. The van der Waals surface area contributed by atoms with E-state index in [0.29, 0.717) is 27.6 Å². The first kappa shape index (κ1) is 19.7. The largest absolute Gasteiger partial charge is 0.507 e. The summed E-state index contributed by atoms with van der Waals surface area (Å²) >= 11 is 6.04. The van der Waals surface area contributed by atoms with Crippen LogP contribution in [-0.4, -0.2) is 23.9 Å². The minimum Gasteiger partial charge on any atom is -0.507 e. The van der Waals surface area contributed by atoms with E-state index in [2.05, 4.69) is 0 Å². The number of para-hydroxylation sites is 2. The maximum Gasteiger partial charge on any atom is 0.300 e. The second-order valence-electron chi connectivity index (χ2n) is 6.76. The van der Waals surface area contributed by atoms with Crippen LogP contribution >= 0.6 is 11.6 Å². The van der Waals surface area contributed by atoms with Crippen LogP contribution in [0.2, 0.25) is 5.02 Å². The van der Waals surface area contributed by atoms with Crippen LogP contribution < -0.4 is 9.64 Å². The summed E-state index contributed by atoms with van der Waals surface area (Å²) in [5, 5.41) is 11.5. The molecule has 1 unspecified atom stereocenters. The smallest absolute Gasteiger partial charge is 0.300 e. The van der Waals surface area contributed by atoms with E-state index in [1.165, 1.54) is 12.0 Å². The Morgan fingerprint density at radius 1 is 0.933 bits per heavy atom. The number of methoxy groups -OCH3 is 1. The summed E-state index contributed by atoms with van der Waals surface area (Å²) in [7, 11) is 1.50. The number of aliphatic hydroxyl groups is 1. The third-order valence-electron chi connectivity index (χ3n) is 5.02. The van der Waals surface area contributed by atoms with Gasteiger partial charge in [0.2, 0.25) is 0 Å². The molecule has 0 radical (unpaired) electrons. The van der Waals surface area contributed by atoms with Crippen LogP contribution in [0.5, 0.6) is 5.75 Å². The topological polar surface area (TPSA) is 66.8 Å². The minimum absolute atomic E-state index is 0.0134. The van der Waals surface area contributed by atoms with Gasteiger partial charge in [-0.2, -0.15) is 0 Å². The molecule has 1 heterocycles. The summed E-state index contributed by atoms with van der Waals surface area (Å²) < 4.78 is 5.42. The molecule has 150 valence electrons. The Morgan fingerprint density at radius 3 is 2.23 bits per heavy atom. The number of rotatable bonds is 4. The number of hydrogen-bond donors (Lipinski definition) is 1. The van der Waals surface area contributed by atoms with Crippen molar-refractivity contribution in [1.82, 2.24) is 0 Å². The van der Waals surface area contributed by atoms with E-state index in [9.17, 15) is 14.7 Å². The molecule has 1 aliphatic rings. The SMILES string of the molecule is COc1ccccc1N1C(=O)C(=O)C(=C(O)c2ccccc2)C1c1ccc(Cl)cc1. The van der Waals surface area contributed by atoms with Crippen molar-refractivity contribution in [2.75, 3.05) is 12.0 Å². The number of anilines is 1. The fourth-order valence-corrected chi connectivity index (χ4v) is 3.75. The van der Waals surface area contributed by atoms with Gasteiger partial charge in [0.25, 0.3) is 11.7 Å². The van der Waals surface area contributed by atoms with Gasteiger partial charge < -0.3 is 9.84 Å². The Balaban J connectivity index is 1.97. The Morgan fingerprint density at radius 2 is 1.57 bits per heavy atom. The number of ether oxygens (including phenoxy) is 1. The zero-order chi connectivity index (χ0) is 21.3. The molecule has 6 heteroatoms. The summed E-state index contributed by atoms with van der Waals surface area (Å²) in [6.45, 7) is 0. The molecule has 1 amide bonds. The van der Waals surface area contributed by atoms with Crippen molar-refractivity contribution >= 4 is 34.7 Å². The van der Waals surface area contributed by atoms with Crippen LogP contribution in [0.4, 0.5) is 5.69 Å². The molecule has 5 nitrogen and oxygen atoms in total. The first-order valence-electron chi connectivity index (χ1n) is 9.28. The van der Waals surface area contributed by atoms with Crippen molar-refractivity contribution < 1.29 is 19.4 Å². The highest BCUT2D eigenvalue weighted by Gasteiger charge is 2.47. The van der Waals surface area contributed by atoms with Crippen LogP contribution in [0.3, 0.4) is 0 Å². The molecule has 1 saturated heterocycles. The van der Waals surface area contributed by atoms with Gasteiger partial charge in [-0.1, -0.05) is 66.2 Å². The van der Waals surface area contributed by atoms with E-state index in [-0.39, 0.29) is 11.3 Å². The van der Waals surface area contributed by atoms with Crippen molar-refractivity contribution in [2.45, 2.75) is 6.04 Å². The number of Topliss-reactive ketones (excluding diaryl/α,β-unsaturated/α-hetero) is 1. The Kier molecular flexibility index (Phi) is 5.29. The molecule has 30 heavy (non-hydrogen) atoms. The Bertz CT molecular complexity index is 1140. The molecule has 1 atom stereocenters. The second-order valence-corrected chi connectivity index (χ2v) is 7.19. The number of benzene rings is 3. The van der Waals surface area contributed by atoms with Crippen molar-refractivity contribution in [2.24, 2.45) is 0 Å². The lowest BCUT2D eigenvalue weighted by Gasteiger charge is -2.26. The molecule has 1 aliphatic heterocycles. The third-order valence-corrected chi connectivity index (χ3v) is 5.27. The lowest BCUT2D eigenvalue weighted by Crippen LogP contribution is -2.29. The maximum atomic E-state index is 13.1. The van der Waals surface area contributed by atoms with Gasteiger partial charge >= 0.3 is 0 Å². The number of halogens is 1. The minimum atomic E-state index is -0.834. The second kappa shape index (κ2) is 8.05. The highest BCUT2D eigenvalue weighted by atomic mass is 35.5. The molecule has 0 bridgehead atoms. The molecule has 0 aliphatic carbocycles. The zero-order valence-corrected chi connectivity index (χ0v) is 16.8. The molecule has 3 aromatic rings. The summed E-state index contributed by atoms with van der Waals surface area (Å²) in [6.07, 6.45) is 0. The number of hydrogen-bond acceptors (Lipinski definition) is 4. The Labute approximate surface area is 178 Å². The van der Waals surface area contributed by atoms with Crippen molar-refractivity contribution in [3.63, 3.8) is 0 Å². The average Bonchev–Trinajstić information content (AvgIpc) is 3.05. The number of nitrogens with zero attached hydrogens (tertiary/aromatic N) is 1. The third kappa shape index (κ3) is 3.33. The van der Waals surface area contributed by atoms with E-state index < -0.39 is 17.7 Å². The van der Waals surface area contributed by atoms with Gasteiger partial charge in [-0.3, -0.25) is 14.5 Å². The Hall–Kier alpha value is -3.57. The van der Waals surface area contributed by atoms with Crippen LogP contribution in [0.15, 0.2) is 84.4 Å². The molecular formula is C24H18ClNO4. The molecule has 3 aromatic carbocycles. The van der Waals surface area contributed by atoms with Gasteiger partial charge in [-0.05, 0) is 29.8 Å². The predicted molar refractivity (Wildman–Crippen MR) is 116 cm³/mol. The summed E-state index contributed by atoms with van der Waals surface area (Å²) in [5.41, 5.74) is 1.55. The lowest BCUT2D eigenvalue weighted by atomic mass is 9.95. The highest BCUT2D eigenvalue weighted by molar-refractivity contribution is 6.52. The summed E-state index contributed by atoms with van der Waals surface area (Å²) in [4.78, 5) is 27.6. The highest BCUT2D eigenvalue weighted by Crippen LogP contribution is 2.44. The monoisotopic (exact) mass is 419 g/mol. The predicted octanol–water partition coefficient (Wildman–Crippen LogP) is 4.97. The maximum absolute atomic E-state index is 13.1. The molecule has 1 fully saturated rings. The first-order chi connectivity index (χ1) is 14.5. The number of amides is 1. The number of carbonyl (C=O) groups excluding carboxylic acids is 2. The molecule has 0 saturated carbocycles. The first-order valence-corrected chi connectivity index (χ1v) is 9.65. The van der Waals surface area contributed by atoms with E-state index in [4.69, 9.17) is 16.3 Å². The molecule has 0 aromatic heterocycles. The van der Waals surface area contributed by atoms with E-state index in [0.717, 1.165) is 0 Å². The van der Waals surface area contributed by atoms with Gasteiger partial charge in [0.05, 0.1) is 24.4 Å².